The Bertz CT molecular complexity index is 235. The first kappa shape index (κ1) is 16.1. The molecular formula is C13H27BrN4. The summed E-state index contributed by atoms with van der Waals surface area (Å²) < 4.78 is 0. The zero-order valence-electron chi connectivity index (χ0n) is 11.5. The molecule has 5 heteroatoms. The molecule has 2 N–H and O–H groups in total. The lowest BCUT2D eigenvalue weighted by Gasteiger charge is -2.43. The van der Waals surface area contributed by atoms with Crippen LogP contribution in [0.3, 0.4) is 0 Å². The van der Waals surface area contributed by atoms with Crippen LogP contribution in [0.1, 0.15) is 13.3 Å². The Morgan fingerprint density at radius 1 is 1.17 bits per heavy atom. The van der Waals surface area contributed by atoms with Gasteiger partial charge in [-0.15, -0.1) is 0 Å². The normalized spacial score (nSPS) is 25.4. The second kappa shape index (κ2) is 8.27. The van der Waals surface area contributed by atoms with Gasteiger partial charge < -0.3 is 27.2 Å². The van der Waals surface area contributed by atoms with Crippen LogP contribution in [0.15, 0.2) is 12.8 Å². The molecule has 0 saturated carbocycles. The van der Waals surface area contributed by atoms with Gasteiger partial charge in [0.2, 0.25) is 0 Å². The highest BCUT2D eigenvalue weighted by molar-refractivity contribution is 4.78. The molecule has 0 aromatic carbocycles. The van der Waals surface area contributed by atoms with E-state index in [1.807, 2.05) is 0 Å². The van der Waals surface area contributed by atoms with Crippen molar-refractivity contribution < 1.29 is 21.9 Å². The van der Waals surface area contributed by atoms with Crippen LogP contribution < -0.4 is 27.2 Å². The van der Waals surface area contributed by atoms with Crippen LogP contribution in [-0.4, -0.2) is 68.3 Å². The number of halogens is 1. The summed E-state index contributed by atoms with van der Waals surface area (Å²) >= 11 is 0. The van der Waals surface area contributed by atoms with E-state index in [9.17, 15) is 0 Å². The molecule has 1 unspecified atom stereocenters. The minimum atomic E-state index is 0. The molecule has 2 fully saturated rings. The van der Waals surface area contributed by atoms with Crippen LogP contribution in [0.2, 0.25) is 0 Å². The molecule has 0 aromatic rings. The Hall–Kier alpha value is 0.0600. The summed E-state index contributed by atoms with van der Waals surface area (Å²) in [5, 5.41) is 3.44. The predicted molar refractivity (Wildman–Crippen MR) is 71.0 cm³/mol. The van der Waals surface area contributed by atoms with Gasteiger partial charge >= 0.3 is 0 Å². The van der Waals surface area contributed by atoms with Gasteiger partial charge in [0.1, 0.15) is 0 Å². The first-order chi connectivity index (χ1) is 8.35. The van der Waals surface area contributed by atoms with Gasteiger partial charge in [0.05, 0.1) is 25.5 Å². The molecule has 2 heterocycles. The fraction of sp³-hybridized carbons (Fsp3) is 0.846. The van der Waals surface area contributed by atoms with E-state index in [0.29, 0.717) is 6.17 Å². The van der Waals surface area contributed by atoms with Crippen molar-refractivity contribution in [3.63, 3.8) is 0 Å². The molecule has 2 aliphatic heterocycles. The van der Waals surface area contributed by atoms with Gasteiger partial charge in [0.25, 0.3) is 0 Å². The van der Waals surface area contributed by atoms with Crippen LogP contribution >= 0.6 is 0 Å². The minimum absolute atomic E-state index is 0. The van der Waals surface area contributed by atoms with Gasteiger partial charge in [-0.3, -0.25) is 9.80 Å². The second-order valence-electron chi connectivity index (χ2n) is 5.07. The molecule has 2 rings (SSSR count). The molecule has 0 aliphatic carbocycles. The second-order valence-corrected chi connectivity index (χ2v) is 5.07. The van der Waals surface area contributed by atoms with E-state index in [1.54, 1.807) is 0 Å². The quantitative estimate of drug-likeness (QED) is 0.552. The first-order valence-corrected chi connectivity index (χ1v) is 7.01. The summed E-state index contributed by atoms with van der Waals surface area (Å²) in [6, 6.07) is 0. The number of piperazine rings is 2. The maximum absolute atomic E-state index is 3.89. The van der Waals surface area contributed by atoms with E-state index in [4.69, 9.17) is 0 Å². The Morgan fingerprint density at radius 2 is 1.72 bits per heavy atom. The van der Waals surface area contributed by atoms with Crippen molar-refractivity contribution in [3.05, 3.63) is 12.8 Å². The molecule has 18 heavy (non-hydrogen) atoms. The zero-order valence-corrected chi connectivity index (χ0v) is 13.1. The molecule has 4 nitrogen and oxygen atoms in total. The molecule has 0 aromatic heterocycles. The van der Waals surface area contributed by atoms with Crippen molar-refractivity contribution in [1.82, 2.24) is 15.1 Å². The smallest absolute Gasteiger partial charge is 0.0942 e. The van der Waals surface area contributed by atoms with E-state index < -0.39 is 0 Å². The molecule has 1 atom stereocenters. The van der Waals surface area contributed by atoms with Crippen molar-refractivity contribution in [2.75, 3.05) is 52.4 Å². The summed E-state index contributed by atoms with van der Waals surface area (Å²) in [5.41, 5.74) is 0. The van der Waals surface area contributed by atoms with Crippen LogP contribution in [0.4, 0.5) is 0 Å². The lowest BCUT2D eigenvalue weighted by molar-refractivity contribution is -0.852. The van der Waals surface area contributed by atoms with Crippen molar-refractivity contribution in [3.8, 4) is 0 Å². The lowest BCUT2D eigenvalue weighted by atomic mass is 10.2. The number of hydrogen-bond acceptors (Lipinski definition) is 3. The molecule has 0 amide bonds. The predicted octanol–water partition coefficient (Wildman–Crippen LogP) is -4.02. The van der Waals surface area contributed by atoms with Gasteiger partial charge in [-0.05, 0) is 13.0 Å². The van der Waals surface area contributed by atoms with Crippen LogP contribution in [0, 0.1) is 0 Å². The summed E-state index contributed by atoms with van der Waals surface area (Å²) in [4.78, 5) is 6.85. The average molecular weight is 319 g/mol. The van der Waals surface area contributed by atoms with Crippen LogP contribution in [0.25, 0.3) is 0 Å². The van der Waals surface area contributed by atoms with Crippen molar-refractivity contribution >= 4 is 0 Å². The molecule has 0 radical (unpaired) electrons. The van der Waals surface area contributed by atoms with Gasteiger partial charge in [-0.25, -0.2) is 0 Å². The Morgan fingerprint density at radius 3 is 2.22 bits per heavy atom. The highest BCUT2D eigenvalue weighted by Crippen LogP contribution is 2.11. The Kier molecular flexibility index (Phi) is 7.41. The lowest BCUT2D eigenvalue weighted by Crippen LogP contribution is -3.10. The van der Waals surface area contributed by atoms with Crippen LogP contribution in [0.5, 0.6) is 0 Å². The Balaban J connectivity index is 0.00000162. The summed E-state index contributed by atoms with van der Waals surface area (Å²) in [6.45, 7) is 15.8. The van der Waals surface area contributed by atoms with Crippen molar-refractivity contribution in [2.45, 2.75) is 19.5 Å². The van der Waals surface area contributed by atoms with Gasteiger partial charge in [-0.2, -0.15) is 0 Å². The third-order valence-corrected chi connectivity index (χ3v) is 4.09. The minimum Gasteiger partial charge on any atom is -1.00 e. The summed E-state index contributed by atoms with van der Waals surface area (Å²) in [5.74, 6) is 0. The monoisotopic (exact) mass is 318 g/mol. The van der Waals surface area contributed by atoms with E-state index in [0.717, 1.165) is 13.1 Å². The number of nitrogens with zero attached hydrogens (tertiary/aromatic N) is 2. The molecule has 0 spiro atoms. The fourth-order valence-corrected chi connectivity index (χ4v) is 3.04. The van der Waals surface area contributed by atoms with Gasteiger partial charge in [-0.1, -0.05) is 6.92 Å². The zero-order chi connectivity index (χ0) is 12.1. The molecule has 106 valence electrons. The molecule has 0 bridgehead atoms. The molecule has 2 saturated heterocycles. The van der Waals surface area contributed by atoms with Crippen LogP contribution in [-0.2, 0) is 0 Å². The topological polar surface area (TPSA) is 23.0 Å². The van der Waals surface area contributed by atoms with Crippen molar-refractivity contribution in [1.29, 1.82) is 0 Å². The van der Waals surface area contributed by atoms with E-state index in [1.165, 1.54) is 50.6 Å². The standard InChI is InChI=1S/C13H26N4.BrH/c1-3-13(16-7-5-14-6-8-16)17-11-9-15(4-2)10-12-17;/h4,13-14H,2-3,5-12H2,1H3;1H. The fourth-order valence-electron chi connectivity index (χ4n) is 3.04. The Labute approximate surface area is 122 Å². The number of rotatable bonds is 4. The van der Waals surface area contributed by atoms with E-state index >= 15 is 0 Å². The van der Waals surface area contributed by atoms with Gasteiger partial charge in [0, 0.05) is 39.3 Å². The highest BCUT2D eigenvalue weighted by atomic mass is 79.9. The first-order valence-electron chi connectivity index (χ1n) is 7.01. The summed E-state index contributed by atoms with van der Waals surface area (Å²) in [7, 11) is 0. The number of quaternary nitrogens is 1. The highest BCUT2D eigenvalue weighted by Gasteiger charge is 2.28. The van der Waals surface area contributed by atoms with E-state index in [2.05, 4.69) is 34.8 Å². The SMILES string of the molecule is C=C[NH+]1CCN(C(CC)N2CCNCC2)CC1.[Br-]. The summed E-state index contributed by atoms with van der Waals surface area (Å²) in [6.07, 6.45) is 3.95. The van der Waals surface area contributed by atoms with E-state index in [-0.39, 0.29) is 17.0 Å². The average Bonchev–Trinajstić information content (AvgIpc) is 2.42. The number of hydrogen-bond donors (Lipinski definition) is 2. The number of nitrogens with one attached hydrogen (secondary N) is 2. The third kappa shape index (κ3) is 4.03. The largest absolute Gasteiger partial charge is 1.00 e. The maximum atomic E-state index is 3.89. The molecular weight excluding hydrogens is 292 g/mol. The van der Waals surface area contributed by atoms with Crippen molar-refractivity contribution in [2.24, 2.45) is 0 Å². The molecule has 2 aliphatic rings. The maximum Gasteiger partial charge on any atom is 0.0942 e. The van der Waals surface area contributed by atoms with Gasteiger partial charge in [0.15, 0.2) is 0 Å². The third-order valence-electron chi connectivity index (χ3n) is 4.09.